The summed E-state index contributed by atoms with van der Waals surface area (Å²) in [4.78, 5) is 24.0. The van der Waals surface area contributed by atoms with E-state index >= 15 is 0 Å². The van der Waals surface area contributed by atoms with Crippen molar-refractivity contribution >= 4 is 11.9 Å². The van der Waals surface area contributed by atoms with E-state index in [9.17, 15) is 9.59 Å². The molecule has 0 N–H and O–H groups in total. The maximum Gasteiger partial charge on any atom is 0.303 e. The van der Waals surface area contributed by atoms with Crippen LogP contribution >= 0.6 is 0 Å². The Kier molecular flexibility index (Phi) is 7.59. The average Bonchev–Trinajstić information content (AvgIpc) is 3.14. The van der Waals surface area contributed by atoms with Gasteiger partial charge in [0.15, 0.2) is 0 Å². The van der Waals surface area contributed by atoms with Gasteiger partial charge in [-0.25, -0.2) is 0 Å². The van der Waals surface area contributed by atoms with Gasteiger partial charge in [-0.05, 0) is 78.3 Å². The van der Waals surface area contributed by atoms with Crippen LogP contribution < -0.4 is 0 Å². The SMILES string of the molecule is CC(=O)OC1CCC2(C)C3=CCC4(C)C(CCC4[C@H](C)CC[C@H](C)C(C)C)C3=CC[C@@]2(OC(C)=O)C1. The lowest BCUT2D eigenvalue weighted by Crippen LogP contribution is -2.58. The molecule has 4 heteroatoms. The summed E-state index contributed by atoms with van der Waals surface area (Å²) < 4.78 is 11.8. The Morgan fingerprint density at radius 3 is 2.33 bits per heavy atom. The summed E-state index contributed by atoms with van der Waals surface area (Å²) in [6.45, 7) is 17.5. The first-order valence-corrected chi connectivity index (χ1v) is 14.6. The van der Waals surface area contributed by atoms with E-state index < -0.39 is 5.60 Å². The Morgan fingerprint density at radius 2 is 1.69 bits per heavy atom. The van der Waals surface area contributed by atoms with Crippen LogP contribution in [0.3, 0.4) is 0 Å². The molecule has 36 heavy (non-hydrogen) atoms. The minimum atomic E-state index is -0.640. The van der Waals surface area contributed by atoms with Crippen LogP contribution in [-0.4, -0.2) is 23.6 Å². The Morgan fingerprint density at radius 1 is 0.972 bits per heavy atom. The van der Waals surface area contributed by atoms with Crippen molar-refractivity contribution in [3.05, 3.63) is 23.3 Å². The van der Waals surface area contributed by atoms with Gasteiger partial charge in [0.05, 0.1) is 0 Å². The van der Waals surface area contributed by atoms with Crippen LogP contribution in [0, 0.1) is 40.4 Å². The molecule has 4 aliphatic carbocycles. The summed E-state index contributed by atoms with van der Waals surface area (Å²) in [7, 11) is 0. The number of ether oxygens (including phenoxy) is 2. The quantitative estimate of drug-likeness (QED) is 0.336. The highest BCUT2D eigenvalue weighted by Gasteiger charge is 2.62. The highest BCUT2D eigenvalue weighted by molar-refractivity contribution is 5.68. The monoisotopic (exact) mass is 498 g/mol. The molecule has 0 saturated heterocycles. The fourth-order valence-electron chi connectivity index (χ4n) is 8.63. The van der Waals surface area contributed by atoms with Gasteiger partial charge in [0.25, 0.3) is 0 Å². The second kappa shape index (κ2) is 9.95. The smallest absolute Gasteiger partial charge is 0.303 e. The predicted octanol–water partition coefficient (Wildman–Crippen LogP) is 7.81. The Labute approximate surface area is 219 Å². The maximum absolute atomic E-state index is 12.3. The highest BCUT2D eigenvalue weighted by Crippen LogP contribution is 2.66. The van der Waals surface area contributed by atoms with Gasteiger partial charge in [-0.3, -0.25) is 9.59 Å². The van der Waals surface area contributed by atoms with E-state index in [4.69, 9.17) is 9.47 Å². The van der Waals surface area contributed by atoms with Gasteiger partial charge in [0.1, 0.15) is 11.7 Å². The van der Waals surface area contributed by atoms with Crippen LogP contribution in [-0.2, 0) is 19.1 Å². The molecular weight excluding hydrogens is 448 g/mol. The van der Waals surface area contributed by atoms with Gasteiger partial charge >= 0.3 is 11.9 Å². The van der Waals surface area contributed by atoms with Crippen molar-refractivity contribution in [1.82, 2.24) is 0 Å². The Bertz CT molecular complexity index is 930. The van der Waals surface area contributed by atoms with Crippen molar-refractivity contribution in [1.29, 1.82) is 0 Å². The number of allylic oxidation sites excluding steroid dienone is 2. The second-order valence-corrected chi connectivity index (χ2v) is 13.6. The molecule has 0 radical (unpaired) electrons. The molecule has 0 spiro atoms. The maximum atomic E-state index is 12.3. The summed E-state index contributed by atoms with van der Waals surface area (Å²) in [5.74, 6) is 3.14. The molecule has 4 aliphatic rings. The third-order valence-electron chi connectivity index (χ3n) is 11.2. The van der Waals surface area contributed by atoms with Crippen LogP contribution in [0.5, 0.6) is 0 Å². The number of hydrogen-bond acceptors (Lipinski definition) is 4. The average molecular weight is 499 g/mol. The number of esters is 2. The summed E-state index contributed by atoms with van der Waals surface area (Å²) in [6, 6.07) is 0. The molecule has 0 amide bonds. The van der Waals surface area contributed by atoms with E-state index in [1.54, 1.807) is 0 Å². The molecule has 2 fully saturated rings. The number of hydrogen-bond donors (Lipinski definition) is 0. The van der Waals surface area contributed by atoms with Crippen molar-refractivity contribution in [2.45, 2.75) is 125 Å². The molecule has 0 aromatic rings. The summed E-state index contributed by atoms with van der Waals surface area (Å²) in [5.41, 5.74) is 2.38. The minimum Gasteiger partial charge on any atom is -0.462 e. The molecule has 0 aromatic heterocycles. The Balaban J connectivity index is 1.61. The highest BCUT2D eigenvalue weighted by atomic mass is 16.6. The lowest BCUT2D eigenvalue weighted by molar-refractivity contribution is -0.190. The fourth-order valence-corrected chi connectivity index (χ4v) is 8.63. The summed E-state index contributed by atoms with van der Waals surface area (Å²) >= 11 is 0. The minimum absolute atomic E-state index is 0.190. The summed E-state index contributed by atoms with van der Waals surface area (Å²) in [6.07, 6.45) is 14.1. The molecule has 0 aromatic carbocycles. The third-order valence-corrected chi connectivity index (χ3v) is 11.2. The first-order valence-electron chi connectivity index (χ1n) is 14.6. The van der Waals surface area contributed by atoms with Crippen LogP contribution in [0.15, 0.2) is 23.3 Å². The lowest BCUT2D eigenvalue weighted by Gasteiger charge is -2.58. The second-order valence-electron chi connectivity index (χ2n) is 13.6. The van der Waals surface area contributed by atoms with Crippen molar-refractivity contribution in [2.75, 3.05) is 0 Å². The van der Waals surface area contributed by atoms with Crippen LogP contribution in [0.2, 0.25) is 0 Å². The standard InChI is InChI=1S/C32H50O4/c1-20(2)21(3)9-10-22(4)27-11-12-28-26-14-18-32(36-24(6)34)19-25(35-23(5)33)13-17-31(32,8)29(26)15-16-30(27,28)7/h14-15,20-22,25,27-28H,9-13,16-19H2,1-8H3/t21-,22+,25?,27?,28?,30?,31?,32+/m0/s1. The zero-order valence-corrected chi connectivity index (χ0v) is 24.1. The van der Waals surface area contributed by atoms with Crippen LogP contribution in [0.25, 0.3) is 0 Å². The van der Waals surface area contributed by atoms with Crippen LogP contribution in [0.4, 0.5) is 0 Å². The zero-order valence-electron chi connectivity index (χ0n) is 24.1. The molecule has 0 bridgehead atoms. The van der Waals surface area contributed by atoms with Crippen molar-refractivity contribution in [2.24, 2.45) is 40.4 Å². The first-order chi connectivity index (χ1) is 16.8. The van der Waals surface area contributed by atoms with E-state index in [1.807, 2.05) is 0 Å². The molecular formula is C32H50O4. The number of carbonyl (C=O) groups is 2. The fraction of sp³-hybridized carbons (Fsp3) is 0.812. The molecule has 8 atom stereocenters. The van der Waals surface area contributed by atoms with Gasteiger partial charge in [-0.1, -0.05) is 66.5 Å². The largest absolute Gasteiger partial charge is 0.462 e. The predicted molar refractivity (Wildman–Crippen MR) is 144 cm³/mol. The van der Waals surface area contributed by atoms with Crippen molar-refractivity contribution < 1.29 is 19.1 Å². The first kappa shape index (κ1) is 27.5. The topological polar surface area (TPSA) is 52.6 Å². The molecule has 0 aliphatic heterocycles. The van der Waals surface area contributed by atoms with E-state index in [2.05, 4.69) is 53.7 Å². The Hall–Kier alpha value is -1.58. The lowest BCUT2D eigenvalue weighted by atomic mass is 9.50. The van der Waals surface area contributed by atoms with Gasteiger partial charge in [0.2, 0.25) is 0 Å². The number of rotatable bonds is 7. The molecule has 5 unspecified atom stereocenters. The summed E-state index contributed by atoms with van der Waals surface area (Å²) in [5, 5.41) is 0. The van der Waals surface area contributed by atoms with Gasteiger partial charge in [-0.15, -0.1) is 0 Å². The van der Waals surface area contributed by atoms with Gasteiger partial charge in [0, 0.05) is 32.1 Å². The van der Waals surface area contributed by atoms with E-state index in [0.717, 1.165) is 42.9 Å². The molecule has 4 rings (SSSR count). The van der Waals surface area contributed by atoms with E-state index in [0.29, 0.717) is 24.2 Å². The number of fused-ring (bicyclic) bond motifs is 5. The van der Waals surface area contributed by atoms with Crippen molar-refractivity contribution in [3.63, 3.8) is 0 Å². The molecule has 2 saturated carbocycles. The molecule has 202 valence electrons. The molecule has 0 heterocycles. The van der Waals surface area contributed by atoms with Crippen LogP contribution in [0.1, 0.15) is 113 Å². The number of carbonyl (C=O) groups excluding carboxylic acids is 2. The normalized spacial score (nSPS) is 39.2. The molecule has 4 nitrogen and oxygen atoms in total. The van der Waals surface area contributed by atoms with Gasteiger partial charge in [-0.2, -0.15) is 0 Å². The van der Waals surface area contributed by atoms with Gasteiger partial charge < -0.3 is 9.47 Å². The van der Waals surface area contributed by atoms with E-state index in [1.165, 1.54) is 50.7 Å². The van der Waals surface area contributed by atoms with Crippen molar-refractivity contribution in [3.8, 4) is 0 Å². The zero-order chi connectivity index (χ0) is 26.5. The third kappa shape index (κ3) is 4.60. The van der Waals surface area contributed by atoms with E-state index in [-0.39, 0.29) is 23.5 Å².